The molecule has 0 fully saturated rings. The number of amides is 1. The second-order valence-corrected chi connectivity index (χ2v) is 9.78. The average Bonchev–Trinajstić information content (AvgIpc) is 3.44. The van der Waals surface area contributed by atoms with E-state index in [9.17, 15) is 9.59 Å². The first kappa shape index (κ1) is 23.5. The summed E-state index contributed by atoms with van der Waals surface area (Å²) in [6.07, 6.45) is 7.34. The van der Waals surface area contributed by atoms with E-state index in [-0.39, 0.29) is 5.91 Å². The molecule has 7 nitrogen and oxygen atoms in total. The van der Waals surface area contributed by atoms with E-state index in [2.05, 4.69) is 27.9 Å². The zero-order valence-corrected chi connectivity index (χ0v) is 21.2. The van der Waals surface area contributed by atoms with E-state index in [1.165, 1.54) is 18.9 Å². The van der Waals surface area contributed by atoms with E-state index in [1.54, 1.807) is 35.9 Å². The predicted molar refractivity (Wildman–Crippen MR) is 135 cm³/mol. The summed E-state index contributed by atoms with van der Waals surface area (Å²) in [5.41, 5.74) is 2.53. The van der Waals surface area contributed by atoms with E-state index in [1.807, 2.05) is 12.1 Å². The summed E-state index contributed by atoms with van der Waals surface area (Å²) in [6.45, 7) is 1.68. The van der Waals surface area contributed by atoms with Gasteiger partial charge in [0.1, 0.15) is 10.8 Å². The lowest BCUT2D eigenvalue weighted by Crippen LogP contribution is -2.23. The van der Waals surface area contributed by atoms with Crippen LogP contribution in [0.2, 0.25) is 0 Å². The summed E-state index contributed by atoms with van der Waals surface area (Å²) in [6, 6.07) is 7.24. The van der Waals surface area contributed by atoms with Gasteiger partial charge >= 0.3 is 5.97 Å². The third-order valence-corrected chi connectivity index (χ3v) is 7.21. The van der Waals surface area contributed by atoms with Crippen molar-refractivity contribution in [1.29, 1.82) is 0 Å². The number of nitrogens with one attached hydrogen (secondary N) is 1. The normalized spacial score (nSPS) is 13.1. The Bertz CT molecular complexity index is 1200. The van der Waals surface area contributed by atoms with Crippen LogP contribution in [0.3, 0.4) is 0 Å². The number of esters is 1. The molecule has 1 aliphatic rings. The first-order valence-electron chi connectivity index (χ1n) is 10.5. The van der Waals surface area contributed by atoms with Crippen LogP contribution < -0.4 is 14.8 Å². The molecule has 1 aromatic carbocycles. The van der Waals surface area contributed by atoms with Crippen molar-refractivity contribution in [2.45, 2.75) is 39.2 Å². The number of thiophene rings is 1. The highest BCUT2D eigenvalue weighted by atomic mass is 127. The van der Waals surface area contributed by atoms with Gasteiger partial charge in [0.2, 0.25) is 0 Å². The standard InChI is InChI=1S/C24H23IN2O5S/c1-14(28)32-22-18(25)10-15(11-19(22)30-2)12-27-24-21(17-7-3-4-8-20(17)33-24)23(29)26-13-16-6-5-9-31-16/h5-6,9-12H,3-4,7-8,13H2,1-2H3,(H,26,29). The number of aryl methyl sites for hydroxylation is 1. The van der Waals surface area contributed by atoms with Crippen molar-refractivity contribution in [2.24, 2.45) is 4.99 Å². The lowest BCUT2D eigenvalue weighted by molar-refractivity contribution is -0.132. The summed E-state index contributed by atoms with van der Waals surface area (Å²) < 4.78 is 16.7. The molecule has 172 valence electrons. The Morgan fingerprint density at radius 2 is 2.12 bits per heavy atom. The Labute approximate surface area is 209 Å². The van der Waals surface area contributed by atoms with Crippen molar-refractivity contribution in [1.82, 2.24) is 5.32 Å². The largest absolute Gasteiger partial charge is 0.493 e. The van der Waals surface area contributed by atoms with E-state index in [0.717, 1.165) is 40.4 Å². The molecule has 1 aliphatic carbocycles. The average molecular weight is 578 g/mol. The highest BCUT2D eigenvalue weighted by Crippen LogP contribution is 2.40. The number of methoxy groups -OCH3 is 1. The number of halogens is 1. The van der Waals surface area contributed by atoms with E-state index in [4.69, 9.17) is 18.9 Å². The van der Waals surface area contributed by atoms with Gasteiger partial charge in [0.05, 0.1) is 29.1 Å². The zero-order chi connectivity index (χ0) is 23.4. The molecule has 0 atom stereocenters. The molecule has 0 unspecified atom stereocenters. The van der Waals surface area contributed by atoms with E-state index >= 15 is 0 Å². The number of hydrogen-bond donors (Lipinski definition) is 1. The number of fused-ring (bicyclic) bond motifs is 1. The first-order chi connectivity index (χ1) is 16.0. The number of rotatable bonds is 7. The molecule has 4 rings (SSSR count). The molecular weight excluding hydrogens is 555 g/mol. The van der Waals surface area contributed by atoms with Gasteiger partial charge in [0.15, 0.2) is 11.5 Å². The van der Waals surface area contributed by atoms with Crippen LogP contribution in [0.4, 0.5) is 5.00 Å². The van der Waals surface area contributed by atoms with E-state index < -0.39 is 5.97 Å². The molecule has 0 saturated heterocycles. The number of carbonyl (C=O) groups is 2. The van der Waals surface area contributed by atoms with Crippen LogP contribution in [0.5, 0.6) is 11.5 Å². The molecule has 0 saturated carbocycles. The van der Waals surface area contributed by atoms with Crippen LogP contribution in [-0.2, 0) is 24.2 Å². The van der Waals surface area contributed by atoms with Gasteiger partial charge in [-0.05, 0) is 83.7 Å². The smallest absolute Gasteiger partial charge is 0.308 e. The fraction of sp³-hybridized carbons (Fsp3) is 0.292. The van der Waals surface area contributed by atoms with Crippen LogP contribution in [0, 0.1) is 3.57 Å². The Morgan fingerprint density at radius 3 is 2.85 bits per heavy atom. The summed E-state index contributed by atoms with van der Waals surface area (Å²) >= 11 is 3.67. The Kier molecular flexibility index (Phi) is 7.49. The van der Waals surface area contributed by atoms with Crippen molar-refractivity contribution >= 4 is 57.0 Å². The van der Waals surface area contributed by atoms with Gasteiger partial charge in [-0.3, -0.25) is 9.59 Å². The number of carbonyl (C=O) groups excluding carboxylic acids is 2. The molecule has 3 aromatic rings. The molecule has 2 heterocycles. The number of benzene rings is 1. The third kappa shape index (κ3) is 5.47. The Morgan fingerprint density at radius 1 is 1.30 bits per heavy atom. The van der Waals surface area contributed by atoms with Crippen LogP contribution in [0.15, 0.2) is 39.9 Å². The van der Waals surface area contributed by atoms with E-state index in [0.29, 0.717) is 34.4 Å². The minimum Gasteiger partial charge on any atom is -0.493 e. The number of hydrogen-bond acceptors (Lipinski definition) is 7. The number of ether oxygens (including phenoxy) is 2. The zero-order valence-electron chi connectivity index (χ0n) is 18.3. The highest BCUT2D eigenvalue weighted by molar-refractivity contribution is 14.1. The van der Waals surface area contributed by atoms with Gasteiger partial charge in [-0.15, -0.1) is 11.3 Å². The number of furan rings is 1. The molecule has 1 amide bonds. The molecule has 0 bridgehead atoms. The molecule has 0 radical (unpaired) electrons. The summed E-state index contributed by atoms with van der Waals surface area (Å²) in [4.78, 5) is 30.5. The Balaban J connectivity index is 1.63. The fourth-order valence-corrected chi connectivity index (χ4v) is 5.70. The maximum Gasteiger partial charge on any atom is 0.308 e. The van der Waals surface area contributed by atoms with Crippen molar-refractivity contribution in [3.05, 3.63) is 61.4 Å². The maximum atomic E-state index is 13.1. The summed E-state index contributed by atoms with van der Waals surface area (Å²) in [5.74, 6) is 0.970. The fourth-order valence-electron chi connectivity index (χ4n) is 3.74. The summed E-state index contributed by atoms with van der Waals surface area (Å²) in [5, 5.41) is 3.65. The van der Waals surface area contributed by atoms with Gasteiger partial charge in [-0.1, -0.05) is 0 Å². The maximum absolute atomic E-state index is 13.1. The molecule has 1 N–H and O–H groups in total. The van der Waals surface area contributed by atoms with Gasteiger partial charge in [0, 0.05) is 18.0 Å². The SMILES string of the molecule is COc1cc(C=Nc2sc3c(c2C(=O)NCc2ccco2)CCCC3)cc(I)c1OC(C)=O. The quantitative estimate of drug-likeness (QED) is 0.175. The van der Waals surface area contributed by atoms with Crippen LogP contribution in [0.1, 0.15) is 51.9 Å². The topological polar surface area (TPSA) is 90.1 Å². The number of aliphatic imine (C=N–C) groups is 1. The number of nitrogens with zero attached hydrogens (tertiary/aromatic N) is 1. The first-order valence-corrected chi connectivity index (χ1v) is 12.4. The van der Waals surface area contributed by atoms with Crippen molar-refractivity contribution in [3.63, 3.8) is 0 Å². The minimum atomic E-state index is -0.415. The second-order valence-electron chi connectivity index (χ2n) is 7.54. The lowest BCUT2D eigenvalue weighted by Gasteiger charge is -2.12. The van der Waals surface area contributed by atoms with Crippen molar-refractivity contribution < 1.29 is 23.5 Å². The van der Waals surface area contributed by atoms with Crippen LogP contribution in [0.25, 0.3) is 0 Å². The summed E-state index contributed by atoms with van der Waals surface area (Å²) in [7, 11) is 1.52. The minimum absolute atomic E-state index is 0.143. The molecule has 0 spiro atoms. The Hall–Kier alpha value is -2.66. The van der Waals surface area contributed by atoms with Crippen LogP contribution >= 0.6 is 33.9 Å². The van der Waals surface area contributed by atoms with Crippen molar-refractivity contribution in [3.8, 4) is 11.5 Å². The van der Waals surface area contributed by atoms with Gasteiger partial charge < -0.3 is 19.2 Å². The van der Waals surface area contributed by atoms with Gasteiger partial charge in [-0.2, -0.15) is 0 Å². The van der Waals surface area contributed by atoms with Gasteiger partial charge in [-0.25, -0.2) is 4.99 Å². The molecule has 9 heteroatoms. The second kappa shape index (κ2) is 10.5. The van der Waals surface area contributed by atoms with Crippen molar-refractivity contribution in [2.75, 3.05) is 7.11 Å². The third-order valence-electron chi connectivity index (χ3n) is 5.21. The monoisotopic (exact) mass is 578 g/mol. The lowest BCUT2D eigenvalue weighted by atomic mass is 9.95. The molecule has 0 aliphatic heterocycles. The highest BCUT2D eigenvalue weighted by Gasteiger charge is 2.25. The van der Waals surface area contributed by atoms with Gasteiger partial charge in [0.25, 0.3) is 5.91 Å². The van der Waals surface area contributed by atoms with Crippen LogP contribution in [-0.4, -0.2) is 25.2 Å². The molecular formula is C24H23IN2O5S. The molecule has 2 aromatic heterocycles. The molecule has 33 heavy (non-hydrogen) atoms. The predicted octanol–water partition coefficient (Wildman–Crippen LogP) is 5.44.